The molecule has 3 N–H and O–H groups in total. The van der Waals surface area contributed by atoms with Gasteiger partial charge in [-0.15, -0.1) is 0 Å². The van der Waals surface area contributed by atoms with Gasteiger partial charge in [-0.3, -0.25) is 14.4 Å². The van der Waals surface area contributed by atoms with Crippen LogP contribution >= 0.6 is 11.8 Å². The number of amides is 3. The van der Waals surface area contributed by atoms with Crippen molar-refractivity contribution in [2.75, 3.05) is 16.8 Å². The lowest BCUT2D eigenvalue weighted by Gasteiger charge is -2.15. The number of carbonyl (C=O) groups excluding carboxylic acids is 3. The van der Waals surface area contributed by atoms with Gasteiger partial charge in [-0.1, -0.05) is 0 Å². The molecule has 1 fully saturated rings. The van der Waals surface area contributed by atoms with Crippen LogP contribution < -0.4 is 15.4 Å². The Bertz CT molecular complexity index is 746. The third kappa shape index (κ3) is 4.96. The van der Waals surface area contributed by atoms with Gasteiger partial charge in [-0.05, 0) is 24.3 Å². The van der Waals surface area contributed by atoms with E-state index in [1.54, 1.807) is 0 Å². The summed E-state index contributed by atoms with van der Waals surface area (Å²) in [5.41, 5.74) is 0.394. The maximum atomic E-state index is 12.2. The summed E-state index contributed by atoms with van der Waals surface area (Å²) >= 11 is 1.51. The molecule has 24 heavy (non-hydrogen) atoms. The van der Waals surface area contributed by atoms with Crippen LogP contribution in [0.15, 0.2) is 29.2 Å². The minimum Gasteiger partial charge on any atom is -0.343 e. The predicted octanol–water partition coefficient (Wildman–Crippen LogP) is 0.0716. The van der Waals surface area contributed by atoms with E-state index in [4.69, 9.17) is 0 Å². The number of sulfonamides is 1. The van der Waals surface area contributed by atoms with Gasteiger partial charge in [0.05, 0.1) is 4.90 Å². The Labute approximate surface area is 143 Å². The van der Waals surface area contributed by atoms with Crippen molar-refractivity contribution in [3.63, 3.8) is 0 Å². The first-order chi connectivity index (χ1) is 11.3. The average molecular weight is 371 g/mol. The summed E-state index contributed by atoms with van der Waals surface area (Å²) in [6.07, 6.45) is 0.379. The maximum Gasteiger partial charge on any atom is 0.264 e. The van der Waals surface area contributed by atoms with Crippen molar-refractivity contribution >= 4 is 45.2 Å². The highest BCUT2D eigenvalue weighted by Crippen LogP contribution is 2.16. The number of benzene rings is 1. The fourth-order valence-electron chi connectivity index (χ4n) is 2.01. The Morgan fingerprint density at radius 2 is 1.92 bits per heavy atom. The van der Waals surface area contributed by atoms with Crippen LogP contribution in [0.1, 0.15) is 13.3 Å². The molecule has 0 spiro atoms. The topological polar surface area (TPSA) is 121 Å². The largest absolute Gasteiger partial charge is 0.343 e. The summed E-state index contributed by atoms with van der Waals surface area (Å²) in [6, 6.07) is 4.76. The number of nitrogens with one attached hydrogen (secondary N) is 3. The zero-order valence-corrected chi connectivity index (χ0v) is 14.5. The van der Waals surface area contributed by atoms with Crippen molar-refractivity contribution in [2.24, 2.45) is 0 Å². The molecular formula is C14H17N3O5S2. The number of anilines is 1. The van der Waals surface area contributed by atoms with Crippen LogP contribution in [0.25, 0.3) is 0 Å². The molecule has 0 aliphatic carbocycles. The van der Waals surface area contributed by atoms with E-state index in [9.17, 15) is 22.8 Å². The number of rotatable bonds is 4. The van der Waals surface area contributed by atoms with E-state index >= 15 is 0 Å². The zero-order valence-electron chi connectivity index (χ0n) is 12.9. The van der Waals surface area contributed by atoms with E-state index < -0.39 is 22.0 Å². The van der Waals surface area contributed by atoms with Gasteiger partial charge in [0.2, 0.25) is 17.7 Å². The van der Waals surface area contributed by atoms with Crippen LogP contribution in [0.5, 0.6) is 0 Å². The monoisotopic (exact) mass is 371 g/mol. The molecule has 8 nitrogen and oxygen atoms in total. The molecule has 1 aliphatic rings. The first-order valence-corrected chi connectivity index (χ1v) is 9.73. The zero-order chi connectivity index (χ0) is 17.7. The van der Waals surface area contributed by atoms with E-state index in [1.165, 1.54) is 36.0 Å². The number of thioether (sulfide) groups is 1. The molecule has 0 bridgehead atoms. The molecule has 0 radical (unpaired) electrons. The van der Waals surface area contributed by atoms with Crippen molar-refractivity contribution in [2.45, 2.75) is 24.3 Å². The highest BCUT2D eigenvalue weighted by Gasteiger charge is 2.23. The normalized spacial score (nSPS) is 18.2. The quantitative estimate of drug-likeness (QED) is 0.689. The van der Waals surface area contributed by atoms with Crippen molar-refractivity contribution in [1.82, 2.24) is 10.0 Å². The van der Waals surface area contributed by atoms with Crippen LogP contribution in [0, 0.1) is 0 Å². The van der Waals surface area contributed by atoms with Crippen LogP contribution in [0.2, 0.25) is 0 Å². The van der Waals surface area contributed by atoms with Gasteiger partial charge in [-0.2, -0.15) is 11.8 Å². The molecular weight excluding hydrogens is 354 g/mol. The van der Waals surface area contributed by atoms with Gasteiger partial charge in [0.1, 0.15) is 6.04 Å². The number of carbonyl (C=O) groups is 3. The van der Waals surface area contributed by atoms with E-state index in [-0.39, 0.29) is 16.7 Å². The molecule has 1 atom stereocenters. The van der Waals surface area contributed by atoms with Gasteiger partial charge in [0, 0.05) is 30.5 Å². The molecule has 1 unspecified atom stereocenters. The first kappa shape index (κ1) is 18.3. The molecule has 2 rings (SSSR count). The lowest BCUT2D eigenvalue weighted by atomic mass is 10.2. The molecule has 1 aromatic rings. The Morgan fingerprint density at radius 3 is 2.54 bits per heavy atom. The summed E-state index contributed by atoms with van der Waals surface area (Å²) in [6.45, 7) is 1.10. The second-order valence-electron chi connectivity index (χ2n) is 5.12. The van der Waals surface area contributed by atoms with Crippen molar-refractivity contribution in [3.8, 4) is 0 Å². The SMILES string of the molecule is CC(=O)NS(=O)(=O)c1ccc(NC(=O)C2CSCCC(=O)N2)cc1. The highest BCUT2D eigenvalue weighted by molar-refractivity contribution is 7.99. The van der Waals surface area contributed by atoms with Crippen molar-refractivity contribution < 1.29 is 22.8 Å². The molecule has 1 heterocycles. The van der Waals surface area contributed by atoms with Crippen LogP contribution in [-0.2, 0) is 24.4 Å². The summed E-state index contributed by atoms with van der Waals surface area (Å²) in [7, 11) is -3.91. The molecule has 0 aromatic heterocycles. The minimum absolute atomic E-state index is 0.0889. The van der Waals surface area contributed by atoms with E-state index in [0.717, 1.165) is 6.92 Å². The average Bonchev–Trinajstić information content (AvgIpc) is 2.71. The Morgan fingerprint density at radius 1 is 1.25 bits per heavy atom. The van der Waals surface area contributed by atoms with Crippen LogP contribution in [0.3, 0.4) is 0 Å². The van der Waals surface area contributed by atoms with E-state index in [1.807, 2.05) is 4.72 Å². The second kappa shape index (κ2) is 7.67. The van der Waals surface area contributed by atoms with Gasteiger partial charge >= 0.3 is 0 Å². The number of hydrogen-bond donors (Lipinski definition) is 3. The predicted molar refractivity (Wildman–Crippen MR) is 89.9 cm³/mol. The maximum absolute atomic E-state index is 12.2. The molecule has 130 valence electrons. The second-order valence-corrected chi connectivity index (χ2v) is 7.95. The molecule has 3 amide bonds. The highest BCUT2D eigenvalue weighted by atomic mass is 32.2. The van der Waals surface area contributed by atoms with E-state index in [2.05, 4.69) is 10.6 Å². The minimum atomic E-state index is -3.91. The molecule has 1 aliphatic heterocycles. The molecule has 1 saturated heterocycles. The standard InChI is InChI=1S/C14H17N3O5S2/c1-9(18)17-24(21,22)11-4-2-10(3-5-11)15-14(20)12-8-23-7-6-13(19)16-12/h2-5,12H,6-8H2,1H3,(H,15,20)(H,16,19)(H,17,18). The first-order valence-electron chi connectivity index (χ1n) is 7.09. The van der Waals surface area contributed by atoms with Gasteiger partial charge < -0.3 is 10.6 Å². The molecule has 1 aromatic carbocycles. The number of hydrogen-bond acceptors (Lipinski definition) is 6. The lowest BCUT2D eigenvalue weighted by Crippen LogP contribution is -2.44. The summed E-state index contributed by atoms with van der Waals surface area (Å²) < 4.78 is 25.5. The van der Waals surface area contributed by atoms with Crippen molar-refractivity contribution in [1.29, 1.82) is 0 Å². The Balaban J connectivity index is 2.04. The summed E-state index contributed by atoms with van der Waals surface area (Å²) in [4.78, 5) is 34.5. The third-order valence-electron chi connectivity index (χ3n) is 3.12. The fourth-order valence-corrected chi connectivity index (χ4v) is 3.97. The lowest BCUT2D eigenvalue weighted by molar-refractivity contribution is -0.125. The third-order valence-corrected chi connectivity index (χ3v) is 5.63. The molecule has 10 heteroatoms. The Kier molecular flexibility index (Phi) is 5.84. The summed E-state index contributed by atoms with van der Waals surface area (Å²) in [5.74, 6) is -0.0705. The van der Waals surface area contributed by atoms with Gasteiger partial charge in [-0.25, -0.2) is 13.1 Å². The molecule has 0 saturated carbocycles. The smallest absolute Gasteiger partial charge is 0.264 e. The van der Waals surface area contributed by atoms with Crippen molar-refractivity contribution in [3.05, 3.63) is 24.3 Å². The van der Waals surface area contributed by atoms with Gasteiger partial charge in [0.25, 0.3) is 10.0 Å². The van der Waals surface area contributed by atoms with Gasteiger partial charge in [0.15, 0.2) is 0 Å². The van der Waals surface area contributed by atoms with Crippen LogP contribution in [0.4, 0.5) is 5.69 Å². The van der Waals surface area contributed by atoms with Crippen LogP contribution in [-0.4, -0.2) is 43.7 Å². The Hall–Kier alpha value is -2.07. The fraction of sp³-hybridized carbons (Fsp3) is 0.357. The summed E-state index contributed by atoms with van der Waals surface area (Å²) in [5, 5.41) is 5.27. The van der Waals surface area contributed by atoms with E-state index in [0.29, 0.717) is 23.6 Å².